The minimum absolute atomic E-state index is 0.489. The lowest BCUT2D eigenvalue weighted by Gasteiger charge is -2.14. The molecule has 86 valence electrons. The number of terminal acetylenes is 1. The molecule has 1 nitrogen and oxygen atoms in total. The van der Waals surface area contributed by atoms with Crippen LogP contribution >= 0.6 is 0 Å². The molecule has 0 atom stereocenters. The number of benzene rings is 1. The maximum absolute atomic E-state index is 5.79. The zero-order chi connectivity index (χ0) is 12.0. The largest absolute Gasteiger partial charge is 0.493 e. The van der Waals surface area contributed by atoms with Gasteiger partial charge in [0.2, 0.25) is 0 Å². The molecule has 0 heterocycles. The Morgan fingerprint density at radius 2 is 2.12 bits per heavy atom. The summed E-state index contributed by atoms with van der Waals surface area (Å²) in [5.41, 5.74) is 2.50. The Morgan fingerprint density at radius 3 is 2.75 bits per heavy atom. The summed E-state index contributed by atoms with van der Waals surface area (Å²) in [6.07, 6.45) is 6.90. The number of unbranched alkanes of at least 4 members (excludes halogenated alkanes) is 1. The van der Waals surface area contributed by atoms with E-state index in [1.165, 1.54) is 11.1 Å². The molecule has 0 aliphatic carbocycles. The van der Waals surface area contributed by atoms with E-state index in [-0.39, 0.29) is 0 Å². The quantitative estimate of drug-likeness (QED) is 0.535. The summed E-state index contributed by atoms with van der Waals surface area (Å²) in [6.45, 7) is 7.14. The fourth-order valence-corrected chi connectivity index (χ4v) is 1.60. The van der Waals surface area contributed by atoms with Gasteiger partial charge in [-0.25, -0.2) is 0 Å². The Morgan fingerprint density at radius 1 is 1.38 bits per heavy atom. The van der Waals surface area contributed by atoms with E-state index >= 15 is 0 Å². The van der Waals surface area contributed by atoms with Gasteiger partial charge in [-0.15, -0.1) is 12.3 Å². The van der Waals surface area contributed by atoms with Crippen LogP contribution in [-0.4, -0.2) is 6.61 Å². The number of ether oxygens (including phenoxy) is 1. The SMILES string of the molecule is C#CCCCOc1cc(C)ccc1C(C)C. The predicted octanol–water partition coefficient (Wildman–Crippen LogP) is 3.91. The van der Waals surface area contributed by atoms with Crippen LogP contribution in [0.3, 0.4) is 0 Å². The fourth-order valence-electron chi connectivity index (χ4n) is 1.60. The second-order valence-electron chi connectivity index (χ2n) is 4.35. The van der Waals surface area contributed by atoms with Gasteiger partial charge in [0.25, 0.3) is 0 Å². The monoisotopic (exact) mass is 216 g/mol. The van der Waals surface area contributed by atoms with Crippen LogP contribution in [0.25, 0.3) is 0 Å². The number of rotatable bonds is 5. The lowest BCUT2D eigenvalue weighted by Crippen LogP contribution is -2.01. The zero-order valence-corrected chi connectivity index (χ0v) is 10.4. The highest BCUT2D eigenvalue weighted by molar-refractivity contribution is 5.39. The lowest BCUT2D eigenvalue weighted by atomic mass is 10.0. The van der Waals surface area contributed by atoms with E-state index in [1.54, 1.807) is 0 Å². The van der Waals surface area contributed by atoms with E-state index in [0.29, 0.717) is 12.5 Å². The fraction of sp³-hybridized carbons (Fsp3) is 0.467. The highest BCUT2D eigenvalue weighted by Crippen LogP contribution is 2.27. The first kappa shape index (κ1) is 12.6. The van der Waals surface area contributed by atoms with Gasteiger partial charge in [-0.2, -0.15) is 0 Å². The van der Waals surface area contributed by atoms with Gasteiger partial charge in [-0.3, -0.25) is 0 Å². The van der Waals surface area contributed by atoms with Crippen LogP contribution in [0.2, 0.25) is 0 Å². The topological polar surface area (TPSA) is 9.23 Å². The third kappa shape index (κ3) is 3.62. The molecule has 0 aliphatic rings. The second kappa shape index (κ2) is 6.23. The van der Waals surface area contributed by atoms with Crippen LogP contribution in [0.1, 0.15) is 43.7 Å². The molecule has 0 amide bonds. The number of hydrogen-bond acceptors (Lipinski definition) is 1. The van der Waals surface area contributed by atoms with Crippen molar-refractivity contribution in [3.05, 3.63) is 29.3 Å². The molecule has 1 heteroatoms. The maximum Gasteiger partial charge on any atom is 0.122 e. The van der Waals surface area contributed by atoms with Crippen molar-refractivity contribution >= 4 is 0 Å². The van der Waals surface area contributed by atoms with Crippen LogP contribution in [0, 0.1) is 19.3 Å². The van der Waals surface area contributed by atoms with Crippen LogP contribution in [0.4, 0.5) is 0 Å². The molecule has 0 N–H and O–H groups in total. The first-order valence-corrected chi connectivity index (χ1v) is 5.82. The molecule has 0 unspecified atom stereocenters. The van der Waals surface area contributed by atoms with Crippen molar-refractivity contribution in [3.8, 4) is 18.1 Å². The summed E-state index contributed by atoms with van der Waals surface area (Å²) >= 11 is 0. The van der Waals surface area contributed by atoms with E-state index in [4.69, 9.17) is 11.2 Å². The van der Waals surface area contributed by atoms with Crippen molar-refractivity contribution < 1.29 is 4.74 Å². The maximum atomic E-state index is 5.79. The van der Waals surface area contributed by atoms with E-state index in [2.05, 4.69) is 44.9 Å². The Kier molecular flexibility index (Phi) is 4.92. The summed E-state index contributed by atoms with van der Waals surface area (Å²) in [6, 6.07) is 6.38. The molecule has 0 aliphatic heterocycles. The average Bonchev–Trinajstić information content (AvgIpc) is 2.24. The van der Waals surface area contributed by atoms with E-state index in [1.807, 2.05) is 0 Å². The molecule has 1 rings (SSSR count). The summed E-state index contributed by atoms with van der Waals surface area (Å²) in [5.74, 6) is 4.12. The summed E-state index contributed by atoms with van der Waals surface area (Å²) in [7, 11) is 0. The third-order valence-corrected chi connectivity index (χ3v) is 2.51. The highest BCUT2D eigenvalue weighted by Gasteiger charge is 2.07. The Hall–Kier alpha value is -1.42. The van der Waals surface area contributed by atoms with Crippen molar-refractivity contribution in [2.45, 2.75) is 39.5 Å². The number of aryl methyl sites for hydroxylation is 1. The first-order chi connectivity index (χ1) is 7.65. The molecule has 0 radical (unpaired) electrons. The Bertz CT molecular complexity index is 372. The normalized spacial score (nSPS) is 10.2. The minimum atomic E-state index is 0.489. The van der Waals surface area contributed by atoms with Gasteiger partial charge in [0, 0.05) is 6.42 Å². The van der Waals surface area contributed by atoms with Gasteiger partial charge in [0.05, 0.1) is 6.61 Å². The molecule has 16 heavy (non-hydrogen) atoms. The molecule has 0 saturated carbocycles. The van der Waals surface area contributed by atoms with Gasteiger partial charge < -0.3 is 4.74 Å². The second-order valence-corrected chi connectivity index (χ2v) is 4.35. The van der Waals surface area contributed by atoms with Crippen LogP contribution in [0.15, 0.2) is 18.2 Å². The lowest BCUT2D eigenvalue weighted by molar-refractivity contribution is 0.308. The molecule has 0 fully saturated rings. The van der Waals surface area contributed by atoms with Crippen molar-refractivity contribution in [1.29, 1.82) is 0 Å². The predicted molar refractivity (Wildman–Crippen MR) is 68.8 cm³/mol. The summed E-state index contributed by atoms with van der Waals surface area (Å²) in [4.78, 5) is 0. The zero-order valence-electron chi connectivity index (χ0n) is 10.4. The van der Waals surface area contributed by atoms with E-state index in [9.17, 15) is 0 Å². The first-order valence-electron chi connectivity index (χ1n) is 5.82. The van der Waals surface area contributed by atoms with Crippen molar-refractivity contribution in [2.24, 2.45) is 0 Å². The molecular weight excluding hydrogens is 196 g/mol. The van der Waals surface area contributed by atoms with Gasteiger partial charge in [-0.05, 0) is 36.5 Å². The smallest absolute Gasteiger partial charge is 0.122 e. The molecule has 0 aromatic heterocycles. The number of hydrogen-bond donors (Lipinski definition) is 0. The molecular formula is C15H20O. The Labute approximate surface area is 98.8 Å². The molecule has 0 bridgehead atoms. The minimum Gasteiger partial charge on any atom is -0.493 e. The van der Waals surface area contributed by atoms with Gasteiger partial charge >= 0.3 is 0 Å². The van der Waals surface area contributed by atoms with Crippen LogP contribution in [0.5, 0.6) is 5.75 Å². The summed E-state index contributed by atoms with van der Waals surface area (Å²) in [5, 5.41) is 0. The third-order valence-electron chi connectivity index (χ3n) is 2.51. The molecule has 0 spiro atoms. The van der Waals surface area contributed by atoms with Gasteiger partial charge in [-0.1, -0.05) is 26.0 Å². The van der Waals surface area contributed by atoms with Crippen LogP contribution in [-0.2, 0) is 0 Å². The van der Waals surface area contributed by atoms with Crippen molar-refractivity contribution in [1.82, 2.24) is 0 Å². The highest BCUT2D eigenvalue weighted by atomic mass is 16.5. The van der Waals surface area contributed by atoms with Gasteiger partial charge in [0.1, 0.15) is 5.75 Å². The molecule has 1 aromatic rings. The van der Waals surface area contributed by atoms with Crippen LogP contribution < -0.4 is 4.74 Å². The van der Waals surface area contributed by atoms with E-state index in [0.717, 1.165) is 18.6 Å². The Balaban J connectivity index is 2.69. The molecule has 1 aromatic carbocycles. The standard InChI is InChI=1S/C15H20O/c1-5-6-7-10-16-15-11-13(4)8-9-14(15)12(2)3/h1,8-9,11-12H,6-7,10H2,2-4H3. The molecule has 0 saturated heterocycles. The summed E-state index contributed by atoms with van der Waals surface area (Å²) < 4.78 is 5.79. The van der Waals surface area contributed by atoms with E-state index < -0.39 is 0 Å². The van der Waals surface area contributed by atoms with Gasteiger partial charge in [0.15, 0.2) is 0 Å². The average molecular weight is 216 g/mol. The van der Waals surface area contributed by atoms with Crippen molar-refractivity contribution in [2.75, 3.05) is 6.61 Å². The van der Waals surface area contributed by atoms with Crippen molar-refractivity contribution in [3.63, 3.8) is 0 Å².